The highest BCUT2D eigenvalue weighted by molar-refractivity contribution is 5.99. The lowest BCUT2D eigenvalue weighted by Crippen LogP contribution is -2.59. The normalized spacial score (nSPS) is 17.4. The smallest absolute Gasteiger partial charge is 0.382 e. The Morgan fingerprint density at radius 3 is 1.86 bits per heavy atom. The van der Waals surface area contributed by atoms with Crippen LogP contribution in [0.2, 0.25) is 0 Å². The molecule has 6 unspecified atom stereocenters. The Kier molecular flexibility index (Phi) is 13.3. The third-order valence-electron chi connectivity index (χ3n) is 7.97. The molecule has 2 aromatic rings. The molecule has 0 saturated carbocycles. The molecule has 0 radical (unpaired) electrons. The molecule has 4 amide bonds. The second-order valence-corrected chi connectivity index (χ2v) is 12.4. The minimum absolute atomic E-state index is 0.0801. The molecule has 13 nitrogen and oxygen atoms in total. The standard InChI is InChI=1S/C32H39F6N7O6/c1-16(2)24(43-27(49)19-9-11-20(12-10-19)30(44-45-30)32(36,37)38)29(51)42-22(15-18-7-5-4-6-8-18)28(50)40-17(3)26(48)41-21(13-14-23(39)46)25(47)31(33,34)35/h4-12,16-17,21-25,46-47H,13-15,39H2,1-3H3,(H,40,50)(H,41,48)(H,42,51)(H,43,49). The summed E-state index contributed by atoms with van der Waals surface area (Å²) in [5, 5.41) is 34.7. The molecule has 1 aliphatic heterocycles. The van der Waals surface area contributed by atoms with E-state index in [2.05, 4.69) is 26.2 Å². The van der Waals surface area contributed by atoms with Crippen molar-refractivity contribution in [3.05, 3.63) is 71.3 Å². The lowest BCUT2D eigenvalue weighted by molar-refractivity contribution is -0.213. The topological polar surface area (TPSA) is 208 Å². The van der Waals surface area contributed by atoms with Gasteiger partial charge in [0, 0.05) is 17.5 Å². The Hall–Kier alpha value is -4.62. The summed E-state index contributed by atoms with van der Waals surface area (Å²) in [6.07, 6.45) is -15.5. The first-order chi connectivity index (χ1) is 23.7. The zero-order valence-electron chi connectivity index (χ0n) is 27.6. The Balaban J connectivity index is 1.74. The van der Waals surface area contributed by atoms with E-state index < -0.39 is 96.9 Å². The van der Waals surface area contributed by atoms with Gasteiger partial charge >= 0.3 is 18.0 Å². The molecule has 0 aliphatic carbocycles. The van der Waals surface area contributed by atoms with Crippen LogP contribution >= 0.6 is 0 Å². The van der Waals surface area contributed by atoms with Crippen LogP contribution in [0.15, 0.2) is 64.8 Å². The minimum Gasteiger partial charge on any atom is -0.382 e. The van der Waals surface area contributed by atoms with Crippen molar-refractivity contribution in [2.75, 3.05) is 0 Å². The molecule has 2 aromatic carbocycles. The maximum atomic E-state index is 13.5. The molecule has 51 heavy (non-hydrogen) atoms. The van der Waals surface area contributed by atoms with Gasteiger partial charge in [0.2, 0.25) is 17.7 Å². The van der Waals surface area contributed by atoms with Gasteiger partial charge in [-0.25, -0.2) is 0 Å². The van der Waals surface area contributed by atoms with E-state index in [1.54, 1.807) is 44.2 Å². The van der Waals surface area contributed by atoms with Crippen molar-refractivity contribution in [1.29, 1.82) is 0 Å². The van der Waals surface area contributed by atoms with Crippen molar-refractivity contribution in [3.8, 4) is 0 Å². The van der Waals surface area contributed by atoms with Gasteiger partial charge < -0.3 is 37.2 Å². The summed E-state index contributed by atoms with van der Waals surface area (Å²) in [7, 11) is 0. The predicted molar refractivity (Wildman–Crippen MR) is 168 cm³/mol. The third kappa shape index (κ3) is 10.9. The second-order valence-electron chi connectivity index (χ2n) is 12.4. The lowest BCUT2D eigenvalue weighted by Gasteiger charge is -2.28. The molecule has 0 saturated heterocycles. The quantitative estimate of drug-likeness (QED) is 0.101. The number of aliphatic hydroxyl groups is 2. The van der Waals surface area contributed by atoms with Gasteiger partial charge in [-0.2, -0.15) is 26.3 Å². The Bertz CT molecular complexity index is 1550. The summed E-state index contributed by atoms with van der Waals surface area (Å²) in [5.74, 6) is -4.24. The van der Waals surface area contributed by atoms with Crippen LogP contribution in [0.3, 0.4) is 0 Å². The summed E-state index contributed by atoms with van der Waals surface area (Å²) in [6, 6.07) is 6.61. The van der Waals surface area contributed by atoms with E-state index in [-0.39, 0.29) is 17.5 Å². The number of nitrogens with one attached hydrogen (secondary N) is 4. The number of nitrogens with zero attached hydrogens (tertiary/aromatic N) is 2. The first-order valence-electron chi connectivity index (χ1n) is 15.7. The van der Waals surface area contributed by atoms with E-state index >= 15 is 0 Å². The molecule has 6 atom stereocenters. The number of carbonyl (C=O) groups is 4. The molecular formula is C32H39F6N7O6. The van der Waals surface area contributed by atoms with Crippen LogP contribution < -0.4 is 27.0 Å². The molecule has 3 rings (SSSR count). The van der Waals surface area contributed by atoms with E-state index in [0.29, 0.717) is 5.56 Å². The van der Waals surface area contributed by atoms with Gasteiger partial charge in [0.05, 0.1) is 6.04 Å². The first kappa shape index (κ1) is 40.8. The monoisotopic (exact) mass is 731 g/mol. The maximum absolute atomic E-state index is 13.5. The maximum Gasteiger partial charge on any atom is 0.442 e. The van der Waals surface area contributed by atoms with Crippen LogP contribution in [0.25, 0.3) is 0 Å². The van der Waals surface area contributed by atoms with Gasteiger partial charge in [-0.15, -0.1) is 10.2 Å². The van der Waals surface area contributed by atoms with Crippen LogP contribution in [-0.2, 0) is 26.5 Å². The highest BCUT2D eigenvalue weighted by Crippen LogP contribution is 2.52. The van der Waals surface area contributed by atoms with Crippen molar-refractivity contribution in [2.45, 2.75) is 94.5 Å². The highest BCUT2D eigenvalue weighted by atomic mass is 19.4. The lowest BCUT2D eigenvalue weighted by atomic mass is 9.99. The average Bonchev–Trinajstić information content (AvgIpc) is 3.87. The molecule has 1 heterocycles. The molecule has 280 valence electrons. The van der Waals surface area contributed by atoms with Crippen LogP contribution in [0.5, 0.6) is 0 Å². The van der Waals surface area contributed by atoms with Crippen molar-refractivity contribution in [1.82, 2.24) is 21.3 Å². The predicted octanol–water partition coefficient (Wildman–Crippen LogP) is 2.32. The van der Waals surface area contributed by atoms with E-state index in [4.69, 9.17) is 5.73 Å². The van der Waals surface area contributed by atoms with Gasteiger partial charge in [-0.1, -0.05) is 56.3 Å². The SMILES string of the molecule is CC(NC(=O)C(Cc1ccccc1)NC(=O)C(NC(=O)c1ccc(C2(C(F)(F)F)N=N2)cc1)C(C)C)C(=O)NC(CCC(N)O)C(O)C(F)(F)F. The van der Waals surface area contributed by atoms with Gasteiger partial charge in [0.25, 0.3) is 5.91 Å². The van der Waals surface area contributed by atoms with Crippen molar-refractivity contribution in [3.63, 3.8) is 0 Å². The summed E-state index contributed by atoms with van der Waals surface area (Å²) in [4.78, 5) is 52.9. The number of nitrogens with two attached hydrogens (primary N) is 1. The second kappa shape index (κ2) is 16.6. The number of rotatable bonds is 16. The number of hydrogen-bond donors (Lipinski definition) is 7. The number of hydrogen-bond acceptors (Lipinski definition) is 9. The van der Waals surface area contributed by atoms with Crippen LogP contribution in [-0.4, -0.2) is 82.7 Å². The van der Waals surface area contributed by atoms with Crippen LogP contribution in [0, 0.1) is 5.92 Å². The molecule has 0 bridgehead atoms. The minimum atomic E-state index is -5.13. The molecule has 8 N–H and O–H groups in total. The summed E-state index contributed by atoms with van der Waals surface area (Å²) < 4.78 is 79.8. The Morgan fingerprint density at radius 2 is 1.37 bits per heavy atom. The van der Waals surface area contributed by atoms with Crippen molar-refractivity contribution in [2.24, 2.45) is 21.9 Å². The van der Waals surface area contributed by atoms with Gasteiger partial charge in [-0.05, 0) is 43.4 Å². The van der Waals surface area contributed by atoms with Gasteiger partial charge in [0.15, 0.2) is 6.10 Å². The Labute approximate surface area is 288 Å². The fourth-order valence-electron chi connectivity index (χ4n) is 4.95. The Morgan fingerprint density at radius 1 is 0.784 bits per heavy atom. The fraction of sp³-hybridized carbons (Fsp3) is 0.500. The molecule has 19 heteroatoms. The number of amides is 4. The molecule has 0 spiro atoms. The number of alkyl halides is 6. The van der Waals surface area contributed by atoms with Crippen LogP contribution in [0.1, 0.15) is 55.1 Å². The van der Waals surface area contributed by atoms with E-state index in [1.807, 2.05) is 5.32 Å². The zero-order valence-corrected chi connectivity index (χ0v) is 27.6. The number of benzene rings is 2. The molecule has 0 fully saturated rings. The summed E-state index contributed by atoms with van der Waals surface area (Å²) >= 11 is 0. The van der Waals surface area contributed by atoms with Crippen LogP contribution in [0.4, 0.5) is 26.3 Å². The van der Waals surface area contributed by atoms with Gasteiger partial charge in [-0.3, -0.25) is 19.2 Å². The molecule has 1 aliphatic rings. The largest absolute Gasteiger partial charge is 0.442 e. The van der Waals surface area contributed by atoms with Crippen molar-refractivity contribution >= 4 is 23.6 Å². The average molecular weight is 732 g/mol. The first-order valence-corrected chi connectivity index (χ1v) is 15.7. The number of halogens is 6. The van der Waals surface area contributed by atoms with E-state index in [1.165, 1.54) is 0 Å². The van der Waals surface area contributed by atoms with Gasteiger partial charge in [0.1, 0.15) is 24.4 Å². The number of aliphatic hydroxyl groups excluding tert-OH is 2. The van der Waals surface area contributed by atoms with E-state index in [9.17, 15) is 55.7 Å². The summed E-state index contributed by atoms with van der Waals surface area (Å²) in [6.45, 7) is 4.34. The molecular weight excluding hydrogens is 692 g/mol. The fourth-order valence-corrected chi connectivity index (χ4v) is 4.95. The van der Waals surface area contributed by atoms with Crippen molar-refractivity contribution < 1.29 is 55.7 Å². The molecule has 0 aromatic heterocycles. The zero-order chi connectivity index (χ0) is 38.3. The summed E-state index contributed by atoms with van der Waals surface area (Å²) in [5.41, 5.74) is 2.70. The highest BCUT2D eigenvalue weighted by Gasteiger charge is 2.65. The third-order valence-corrected chi connectivity index (χ3v) is 7.97. The number of carbonyl (C=O) groups excluding carboxylic acids is 4. The van der Waals surface area contributed by atoms with E-state index in [0.717, 1.165) is 31.2 Å².